The van der Waals surface area contributed by atoms with Crippen molar-refractivity contribution in [2.45, 2.75) is 39.2 Å². The summed E-state index contributed by atoms with van der Waals surface area (Å²) in [6.07, 6.45) is 5.35. The van der Waals surface area contributed by atoms with E-state index < -0.39 is 5.97 Å². The zero-order valence-electron chi connectivity index (χ0n) is 8.32. The van der Waals surface area contributed by atoms with E-state index in [0.717, 1.165) is 13.3 Å². The molecule has 1 N–H and O–H groups in total. The minimum atomic E-state index is -1.08. The minimum Gasteiger partial charge on any atom is -0.550 e. The van der Waals surface area contributed by atoms with E-state index in [0.29, 0.717) is 5.92 Å². The van der Waals surface area contributed by atoms with Crippen molar-refractivity contribution in [3.8, 4) is 0 Å². The minimum absolute atomic E-state index is 0. The van der Waals surface area contributed by atoms with Gasteiger partial charge in [0.15, 0.2) is 0 Å². The van der Waals surface area contributed by atoms with Crippen LogP contribution in [0.4, 0.5) is 0 Å². The molecule has 0 unspecified atom stereocenters. The van der Waals surface area contributed by atoms with Gasteiger partial charge in [0.1, 0.15) is 0 Å². The first-order chi connectivity index (χ1) is 5.52. The second kappa shape index (κ2) is 8.94. The summed E-state index contributed by atoms with van der Waals surface area (Å²) in [5, 5.41) is 17.9. The molecule has 0 aromatic carbocycles. The molecule has 1 fully saturated rings. The van der Waals surface area contributed by atoms with Crippen LogP contribution >= 0.6 is 0 Å². The summed E-state index contributed by atoms with van der Waals surface area (Å²) in [5.41, 5.74) is 0. The van der Waals surface area contributed by atoms with Crippen molar-refractivity contribution in [1.29, 1.82) is 0 Å². The largest absolute Gasteiger partial charge is 1.00 e. The van der Waals surface area contributed by atoms with Crippen molar-refractivity contribution in [2.24, 2.45) is 5.92 Å². The molecule has 0 amide bonds. The Kier molecular flexibility index (Phi) is 10.9. The molecule has 0 aromatic rings. The zero-order valence-corrected chi connectivity index (χ0v) is 13.8. The van der Waals surface area contributed by atoms with Gasteiger partial charge < -0.3 is 15.0 Å². The van der Waals surface area contributed by atoms with E-state index in [2.05, 4.69) is 6.92 Å². The van der Waals surface area contributed by atoms with Gasteiger partial charge in [-0.2, -0.15) is 0 Å². The third kappa shape index (κ3) is 12.4. The second-order valence-corrected chi connectivity index (χ2v) is 3.16. The van der Waals surface area contributed by atoms with E-state index in [1.807, 2.05) is 6.42 Å². The van der Waals surface area contributed by atoms with E-state index in [-0.39, 0.29) is 33.8 Å². The third-order valence-electron chi connectivity index (χ3n) is 1.71. The average molecular weight is 373 g/mol. The van der Waals surface area contributed by atoms with Crippen LogP contribution in [0.3, 0.4) is 0 Å². The van der Waals surface area contributed by atoms with Crippen LogP contribution < -0.4 is 5.11 Å². The van der Waals surface area contributed by atoms with Crippen LogP contribution in [0.2, 0.25) is 0 Å². The van der Waals surface area contributed by atoms with Crippen molar-refractivity contribution in [3.05, 3.63) is 6.42 Å². The predicted octanol–water partition coefficient (Wildman–Crippen LogP) is 0.125. The maximum Gasteiger partial charge on any atom is 1.00 e. The first kappa shape index (κ1) is 15.8. The smallest absolute Gasteiger partial charge is 0.550 e. The van der Waals surface area contributed by atoms with Gasteiger partial charge >= 0.3 is 27.7 Å². The molecule has 2 radical (unpaired) electrons. The molecule has 1 aliphatic rings. The zero-order chi connectivity index (χ0) is 9.56. The van der Waals surface area contributed by atoms with E-state index >= 15 is 0 Å². The molecule has 13 heavy (non-hydrogen) atoms. The van der Waals surface area contributed by atoms with Gasteiger partial charge in [0.2, 0.25) is 0 Å². The van der Waals surface area contributed by atoms with Crippen LogP contribution in [0.25, 0.3) is 0 Å². The fourth-order valence-corrected chi connectivity index (χ4v) is 1.22. The Morgan fingerprint density at radius 2 is 2.00 bits per heavy atom. The van der Waals surface area contributed by atoms with Crippen molar-refractivity contribution in [2.75, 3.05) is 0 Å². The first-order valence-corrected chi connectivity index (χ1v) is 4.23. The van der Waals surface area contributed by atoms with Crippen LogP contribution in [0.15, 0.2) is 0 Å². The number of carboxylic acids is 1. The van der Waals surface area contributed by atoms with Crippen molar-refractivity contribution in [3.63, 3.8) is 0 Å². The Morgan fingerprint density at radius 1 is 1.54 bits per heavy atom. The molecule has 3 nitrogen and oxygen atoms in total. The monoisotopic (exact) mass is 374 g/mol. The molecule has 2 atom stereocenters. The molecular formula is C9H16HgO3. The SMILES string of the molecule is CC(=O)[O-].C[C@@H]1[CH][C@@H](O)CCC1.[Hg+]. The summed E-state index contributed by atoms with van der Waals surface area (Å²) in [5.74, 6) is -0.446. The normalized spacial score (nSPS) is 26.4. The van der Waals surface area contributed by atoms with Crippen LogP contribution in [0, 0.1) is 12.3 Å². The van der Waals surface area contributed by atoms with E-state index in [9.17, 15) is 0 Å². The van der Waals surface area contributed by atoms with Gasteiger partial charge in [0.05, 0.1) is 6.10 Å². The quantitative estimate of drug-likeness (QED) is 0.615. The summed E-state index contributed by atoms with van der Waals surface area (Å²) in [6, 6.07) is 0. The molecule has 0 saturated heterocycles. The number of aliphatic carboxylic acids is 1. The van der Waals surface area contributed by atoms with Gasteiger partial charge in [-0.15, -0.1) is 0 Å². The summed E-state index contributed by atoms with van der Waals surface area (Å²) >= 11 is 0. The maximum atomic E-state index is 9.02. The average Bonchev–Trinajstić information content (AvgIpc) is 1.84. The van der Waals surface area contributed by atoms with Gasteiger partial charge in [0, 0.05) is 5.97 Å². The molecule has 0 aromatic heterocycles. The number of carboxylic acid groups (broad SMARTS) is 1. The molecule has 0 aliphatic heterocycles. The van der Waals surface area contributed by atoms with Gasteiger partial charge in [-0.3, -0.25) is 0 Å². The molecule has 0 spiro atoms. The Balaban J connectivity index is 0. The van der Waals surface area contributed by atoms with E-state index in [1.165, 1.54) is 12.8 Å². The summed E-state index contributed by atoms with van der Waals surface area (Å²) < 4.78 is 0. The van der Waals surface area contributed by atoms with E-state index in [4.69, 9.17) is 15.0 Å². The molecule has 1 saturated carbocycles. The van der Waals surface area contributed by atoms with Crippen molar-refractivity contribution in [1.82, 2.24) is 0 Å². The fraction of sp³-hybridized carbons (Fsp3) is 0.778. The van der Waals surface area contributed by atoms with Gasteiger partial charge in [-0.05, 0) is 25.7 Å². The summed E-state index contributed by atoms with van der Waals surface area (Å²) in [6.45, 7) is 3.13. The van der Waals surface area contributed by atoms with Crippen LogP contribution in [-0.4, -0.2) is 17.2 Å². The fourth-order valence-electron chi connectivity index (χ4n) is 1.22. The Hall–Kier alpha value is 0.365. The van der Waals surface area contributed by atoms with Gasteiger partial charge in [0.25, 0.3) is 0 Å². The van der Waals surface area contributed by atoms with Crippen molar-refractivity contribution >= 4 is 5.97 Å². The first-order valence-electron chi connectivity index (χ1n) is 4.23. The number of aliphatic hydroxyl groups excluding tert-OH is 1. The topological polar surface area (TPSA) is 60.4 Å². The summed E-state index contributed by atoms with van der Waals surface area (Å²) in [7, 11) is 0. The number of carbonyl (C=O) groups excluding carboxylic acids is 1. The molecular weight excluding hydrogens is 357 g/mol. The number of carbonyl (C=O) groups is 1. The summed E-state index contributed by atoms with van der Waals surface area (Å²) in [4.78, 5) is 8.89. The number of rotatable bonds is 0. The van der Waals surface area contributed by atoms with Crippen LogP contribution in [-0.2, 0) is 32.5 Å². The number of aliphatic hydroxyl groups is 1. The van der Waals surface area contributed by atoms with Crippen molar-refractivity contribution < 1.29 is 42.7 Å². The van der Waals surface area contributed by atoms with E-state index in [1.54, 1.807) is 0 Å². The molecule has 1 rings (SSSR count). The predicted molar refractivity (Wildman–Crippen MR) is 44.0 cm³/mol. The van der Waals surface area contributed by atoms with Crippen LogP contribution in [0.5, 0.6) is 0 Å². The van der Waals surface area contributed by atoms with Gasteiger partial charge in [-0.25, -0.2) is 0 Å². The standard InChI is InChI=1S/C7H13O.C2H4O2.Hg/c1-6-3-2-4-7(8)5-6;1-2(3)4;/h5-8H,2-4H2,1H3;1H3,(H,3,4);/q;;+1/p-1/t6-,7-;;/m0../s1. The number of hydrogen-bond acceptors (Lipinski definition) is 3. The maximum absolute atomic E-state index is 9.02. The molecule has 1 aliphatic carbocycles. The Labute approximate surface area is 100 Å². The molecule has 0 heterocycles. The Morgan fingerprint density at radius 3 is 2.23 bits per heavy atom. The second-order valence-electron chi connectivity index (χ2n) is 3.16. The van der Waals surface area contributed by atoms with Crippen LogP contribution in [0.1, 0.15) is 33.1 Å². The number of hydrogen-bond donors (Lipinski definition) is 1. The molecule has 0 bridgehead atoms. The molecule has 72 valence electrons. The van der Waals surface area contributed by atoms with Gasteiger partial charge in [-0.1, -0.05) is 19.8 Å². The molecule has 4 heteroatoms. The third-order valence-corrected chi connectivity index (χ3v) is 1.71. The Bertz CT molecular complexity index is 127.